The molecule has 0 amide bonds. The van der Waals surface area contributed by atoms with Gasteiger partial charge in [-0.25, -0.2) is 13.1 Å². The Hall–Kier alpha value is 0.390. The van der Waals surface area contributed by atoms with E-state index < -0.39 is 15.6 Å². The number of rotatable bonds is 5. The summed E-state index contributed by atoms with van der Waals surface area (Å²) in [6, 6.07) is 0. The van der Waals surface area contributed by atoms with Gasteiger partial charge in [0.05, 0.1) is 5.75 Å². The van der Waals surface area contributed by atoms with E-state index >= 15 is 0 Å². The van der Waals surface area contributed by atoms with E-state index in [1.807, 2.05) is 20.8 Å². The molecule has 1 atom stereocenters. The molecule has 0 aromatic heterocycles. The lowest BCUT2D eigenvalue weighted by atomic mass is 10.0. The normalized spacial score (nSPS) is 20.9. The molecule has 1 N–H and O–H groups in total. The fourth-order valence-corrected chi connectivity index (χ4v) is 3.40. The van der Waals surface area contributed by atoms with Gasteiger partial charge in [-0.1, -0.05) is 22.9 Å². The van der Waals surface area contributed by atoms with Crippen LogP contribution in [0, 0.1) is 5.92 Å². The molecule has 1 aliphatic carbocycles. The molecule has 1 saturated carbocycles. The van der Waals surface area contributed by atoms with Crippen LogP contribution in [0.2, 0.25) is 0 Å². The van der Waals surface area contributed by atoms with Crippen LogP contribution in [0.3, 0.4) is 0 Å². The monoisotopic (exact) mass is 283 g/mol. The van der Waals surface area contributed by atoms with Crippen molar-refractivity contribution in [2.75, 3.05) is 5.75 Å². The molecule has 1 unspecified atom stereocenters. The van der Waals surface area contributed by atoms with Gasteiger partial charge in [-0.15, -0.1) is 0 Å². The average molecular weight is 284 g/mol. The minimum Gasteiger partial charge on any atom is -0.212 e. The first-order chi connectivity index (χ1) is 6.23. The smallest absolute Gasteiger partial charge is 0.212 e. The van der Waals surface area contributed by atoms with Crippen molar-refractivity contribution in [2.45, 2.75) is 44.0 Å². The molecular weight excluding hydrogens is 266 g/mol. The fraction of sp³-hybridized carbons (Fsp3) is 1.00. The molecule has 0 aromatic rings. The van der Waals surface area contributed by atoms with Gasteiger partial charge in [-0.2, -0.15) is 0 Å². The molecule has 1 fully saturated rings. The Labute approximate surface area is 94.8 Å². The summed E-state index contributed by atoms with van der Waals surface area (Å²) in [5, 5.41) is 0. The minimum absolute atomic E-state index is 0.115. The second-order valence-electron chi connectivity index (χ2n) is 4.66. The molecule has 0 heterocycles. The second-order valence-corrected chi connectivity index (χ2v) is 7.81. The summed E-state index contributed by atoms with van der Waals surface area (Å²) < 4.78 is 26.1. The SMILES string of the molecule is CC(Br)C(C)(C)NS(=O)(=O)CC1CC1. The Morgan fingerprint density at radius 2 is 2.00 bits per heavy atom. The fourth-order valence-electron chi connectivity index (χ4n) is 1.12. The van der Waals surface area contributed by atoms with Gasteiger partial charge in [0.25, 0.3) is 0 Å². The van der Waals surface area contributed by atoms with E-state index in [0.717, 1.165) is 12.8 Å². The minimum atomic E-state index is -3.10. The average Bonchev–Trinajstić information content (AvgIpc) is 2.67. The van der Waals surface area contributed by atoms with E-state index in [1.165, 1.54) is 0 Å². The van der Waals surface area contributed by atoms with Crippen molar-refractivity contribution >= 4 is 26.0 Å². The lowest BCUT2D eigenvalue weighted by molar-refractivity contribution is 0.453. The highest BCUT2D eigenvalue weighted by Gasteiger charge is 2.33. The van der Waals surface area contributed by atoms with Gasteiger partial charge in [-0.05, 0) is 32.6 Å². The maximum Gasteiger partial charge on any atom is 0.212 e. The molecule has 14 heavy (non-hydrogen) atoms. The topological polar surface area (TPSA) is 46.2 Å². The number of hydrogen-bond acceptors (Lipinski definition) is 2. The van der Waals surface area contributed by atoms with E-state index in [0.29, 0.717) is 5.92 Å². The first-order valence-electron chi connectivity index (χ1n) is 4.89. The van der Waals surface area contributed by atoms with E-state index in [2.05, 4.69) is 20.7 Å². The zero-order chi connectivity index (χ0) is 11.0. The summed E-state index contributed by atoms with van der Waals surface area (Å²) in [6.45, 7) is 5.72. The summed E-state index contributed by atoms with van der Waals surface area (Å²) in [6.07, 6.45) is 2.12. The quantitative estimate of drug-likeness (QED) is 0.783. The lowest BCUT2D eigenvalue weighted by Crippen LogP contribution is -2.49. The zero-order valence-corrected chi connectivity index (χ0v) is 11.3. The van der Waals surface area contributed by atoms with Gasteiger partial charge in [0.1, 0.15) is 0 Å². The van der Waals surface area contributed by atoms with Gasteiger partial charge >= 0.3 is 0 Å². The van der Waals surface area contributed by atoms with E-state index in [1.54, 1.807) is 0 Å². The Kier molecular flexibility index (Phi) is 3.65. The van der Waals surface area contributed by atoms with Crippen molar-refractivity contribution in [1.29, 1.82) is 0 Å². The van der Waals surface area contributed by atoms with Crippen LogP contribution < -0.4 is 4.72 Å². The number of halogens is 1. The maximum absolute atomic E-state index is 11.7. The predicted molar refractivity (Wildman–Crippen MR) is 62.1 cm³/mol. The van der Waals surface area contributed by atoms with Gasteiger partial charge in [-0.3, -0.25) is 0 Å². The van der Waals surface area contributed by atoms with Gasteiger partial charge in [0.2, 0.25) is 10.0 Å². The summed E-state index contributed by atoms with van der Waals surface area (Å²) in [5.74, 6) is 0.685. The van der Waals surface area contributed by atoms with Crippen molar-refractivity contribution in [3.05, 3.63) is 0 Å². The Morgan fingerprint density at radius 1 is 1.50 bits per heavy atom. The first-order valence-corrected chi connectivity index (χ1v) is 7.45. The van der Waals surface area contributed by atoms with Crippen LogP contribution in [0.1, 0.15) is 33.6 Å². The zero-order valence-electron chi connectivity index (χ0n) is 8.88. The Balaban J connectivity index is 2.56. The molecule has 3 nitrogen and oxygen atoms in total. The summed E-state index contributed by atoms with van der Waals surface area (Å²) in [4.78, 5) is 0.115. The van der Waals surface area contributed by atoms with Crippen molar-refractivity contribution in [3.63, 3.8) is 0 Å². The third-order valence-corrected chi connectivity index (χ3v) is 5.46. The van der Waals surface area contributed by atoms with Crippen LogP contribution in [-0.2, 0) is 10.0 Å². The molecular formula is C9H18BrNO2S. The third kappa shape index (κ3) is 3.87. The Morgan fingerprint density at radius 3 is 2.36 bits per heavy atom. The van der Waals surface area contributed by atoms with Crippen molar-refractivity contribution in [2.24, 2.45) is 5.92 Å². The van der Waals surface area contributed by atoms with Crippen molar-refractivity contribution in [3.8, 4) is 0 Å². The molecule has 0 radical (unpaired) electrons. The van der Waals surface area contributed by atoms with Gasteiger partial charge in [0.15, 0.2) is 0 Å². The van der Waals surface area contributed by atoms with Crippen LogP contribution in [0.25, 0.3) is 0 Å². The second kappa shape index (κ2) is 4.10. The molecule has 0 aliphatic heterocycles. The summed E-state index contributed by atoms with van der Waals surface area (Å²) >= 11 is 3.40. The molecule has 0 spiro atoms. The highest BCUT2D eigenvalue weighted by atomic mass is 79.9. The molecule has 84 valence electrons. The van der Waals surface area contributed by atoms with Gasteiger partial charge in [0, 0.05) is 10.4 Å². The Bertz CT molecular complexity index is 294. The predicted octanol–water partition coefficient (Wildman–Crippen LogP) is 1.88. The highest BCUT2D eigenvalue weighted by Crippen LogP contribution is 2.30. The van der Waals surface area contributed by atoms with Crippen molar-refractivity contribution in [1.82, 2.24) is 4.72 Å². The number of sulfonamides is 1. The molecule has 1 aliphatic rings. The van der Waals surface area contributed by atoms with Crippen molar-refractivity contribution < 1.29 is 8.42 Å². The van der Waals surface area contributed by atoms with Crippen LogP contribution in [0.15, 0.2) is 0 Å². The molecule has 0 saturated heterocycles. The number of nitrogens with one attached hydrogen (secondary N) is 1. The maximum atomic E-state index is 11.7. The number of hydrogen-bond donors (Lipinski definition) is 1. The van der Waals surface area contributed by atoms with Crippen LogP contribution in [0.4, 0.5) is 0 Å². The summed E-state index contributed by atoms with van der Waals surface area (Å²) in [7, 11) is -3.10. The standard InChI is InChI=1S/C9H18BrNO2S/c1-7(10)9(2,3)11-14(12,13)6-8-4-5-8/h7-8,11H,4-6H2,1-3H3. The molecule has 5 heteroatoms. The van der Waals surface area contributed by atoms with Gasteiger partial charge < -0.3 is 0 Å². The third-order valence-electron chi connectivity index (χ3n) is 2.57. The molecule has 1 rings (SSSR count). The van der Waals surface area contributed by atoms with Crippen LogP contribution >= 0.6 is 15.9 Å². The lowest BCUT2D eigenvalue weighted by Gasteiger charge is -2.28. The van der Waals surface area contributed by atoms with Crippen LogP contribution in [-0.4, -0.2) is 24.5 Å². The largest absolute Gasteiger partial charge is 0.212 e. The van der Waals surface area contributed by atoms with E-state index in [9.17, 15) is 8.42 Å². The van der Waals surface area contributed by atoms with Crippen LogP contribution in [0.5, 0.6) is 0 Å². The van der Waals surface area contributed by atoms with E-state index in [-0.39, 0.29) is 10.6 Å². The number of alkyl halides is 1. The highest BCUT2D eigenvalue weighted by molar-refractivity contribution is 9.09. The molecule has 0 aromatic carbocycles. The summed E-state index contributed by atoms with van der Waals surface area (Å²) in [5.41, 5.74) is -0.423. The first kappa shape index (κ1) is 12.5. The van der Waals surface area contributed by atoms with E-state index in [4.69, 9.17) is 0 Å². The molecule has 0 bridgehead atoms.